The van der Waals surface area contributed by atoms with E-state index in [9.17, 15) is 13.2 Å². The van der Waals surface area contributed by atoms with Crippen LogP contribution in [0.3, 0.4) is 0 Å². The second-order valence-corrected chi connectivity index (χ2v) is 7.50. The Bertz CT molecular complexity index is 852. The van der Waals surface area contributed by atoms with Crippen molar-refractivity contribution < 1.29 is 22.7 Å². The molecule has 140 valence electrons. The van der Waals surface area contributed by atoms with Crippen molar-refractivity contribution in [3.8, 4) is 5.75 Å². The standard InChI is InChI=1S/C18H20ClNO5S/c1-3-24-16-7-5-6-15(12-16)20(13-18(21)25-4-2)26(22,23)17-10-8-14(19)9-11-17/h5-12H,3-4,13H2,1-2H3. The Morgan fingerprint density at radius 3 is 2.38 bits per heavy atom. The van der Waals surface area contributed by atoms with Crippen LogP contribution in [0.2, 0.25) is 5.02 Å². The van der Waals surface area contributed by atoms with E-state index < -0.39 is 22.5 Å². The summed E-state index contributed by atoms with van der Waals surface area (Å²) < 4.78 is 37.5. The summed E-state index contributed by atoms with van der Waals surface area (Å²) in [6, 6.07) is 12.3. The van der Waals surface area contributed by atoms with Crippen molar-refractivity contribution in [1.29, 1.82) is 0 Å². The lowest BCUT2D eigenvalue weighted by Crippen LogP contribution is -2.36. The minimum absolute atomic E-state index is 0.0213. The van der Waals surface area contributed by atoms with Crippen LogP contribution in [0.25, 0.3) is 0 Å². The van der Waals surface area contributed by atoms with Gasteiger partial charge >= 0.3 is 5.97 Å². The molecule has 6 nitrogen and oxygen atoms in total. The Kier molecular flexibility index (Phi) is 6.88. The van der Waals surface area contributed by atoms with Crippen molar-refractivity contribution in [3.63, 3.8) is 0 Å². The lowest BCUT2D eigenvalue weighted by atomic mass is 10.3. The lowest BCUT2D eigenvalue weighted by molar-refractivity contribution is -0.141. The number of halogens is 1. The molecule has 0 radical (unpaired) electrons. The molecule has 0 atom stereocenters. The third-order valence-corrected chi connectivity index (χ3v) is 5.44. The Morgan fingerprint density at radius 1 is 1.08 bits per heavy atom. The largest absolute Gasteiger partial charge is 0.494 e. The Labute approximate surface area is 158 Å². The normalized spacial score (nSPS) is 11.0. The van der Waals surface area contributed by atoms with Gasteiger partial charge in [0.15, 0.2) is 0 Å². The molecule has 26 heavy (non-hydrogen) atoms. The van der Waals surface area contributed by atoms with Gasteiger partial charge in [-0.1, -0.05) is 17.7 Å². The van der Waals surface area contributed by atoms with Gasteiger partial charge in [-0.25, -0.2) is 8.42 Å². The third kappa shape index (κ3) is 4.89. The van der Waals surface area contributed by atoms with Crippen molar-refractivity contribution in [1.82, 2.24) is 0 Å². The quantitative estimate of drug-likeness (QED) is 0.637. The van der Waals surface area contributed by atoms with E-state index in [1.54, 1.807) is 31.2 Å². The van der Waals surface area contributed by atoms with Crippen LogP contribution >= 0.6 is 11.6 Å². The van der Waals surface area contributed by atoms with Crippen molar-refractivity contribution in [2.75, 3.05) is 24.1 Å². The molecule has 0 unspecified atom stereocenters. The lowest BCUT2D eigenvalue weighted by Gasteiger charge is -2.24. The number of anilines is 1. The Balaban J connectivity index is 2.48. The zero-order valence-corrected chi connectivity index (χ0v) is 16.1. The monoisotopic (exact) mass is 397 g/mol. The first-order chi connectivity index (χ1) is 12.4. The van der Waals surface area contributed by atoms with E-state index in [1.165, 1.54) is 24.3 Å². The van der Waals surface area contributed by atoms with Gasteiger partial charge < -0.3 is 9.47 Å². The predicted molar refractivity (Wildman–Crippen MR) is 100 cm³/mol. The fourth-order valence-electron chi connectivity index (χ4n) is 2.27. The average molecular weight is 398 g/mol. The van der Waals surface area contributed by atoms with Crippen LogP contribution in [0.15, 0.2) is 53.4 Å². The van der Waals surface area contributed by atoms with Crippen molar-refractivity contribution in [3.05, 3.63) is 53.6 Å². The van der Waals surface area contributed by atoms with Gasteiger partial charge in [-0.3, -0.25) is 9.10 Å². The molecule has 0 saturated heterocycles. The third-order valence-electron chi connectivity index (χ3n) is 3.40. The Morgan fingerprint density at radius 2 is 1.77 bits per heavy atom. The van der Waals surface area contributed by atoms with Gasteiger partial charge in [0.2, 0.25) is 0 Å². The number of benzene rings is 2. The number of hydrogen-bond acceptors (Lipinski definition) is 5. The maximum Gasteiger partial charge on any atom is 0.326 e. The molecule has 0 N–H and O–H groups in total. The van der Waals surface area contributed by atoms with E-state index >= 15 is 0 Å². The molecule has 0 amide bonds. The van der Waals surface area contributed by atoms with Crippen LogP contribution in [0, 0.1) is 0 Å². The summed E-state index contributed by atoms with van der Waals surface area (Å²) in [7, 11) is -4.00. The molecule has 2 aromatic rings. The molecule has 8 heteroatoms. The smallest absolute Gasteiger partial charge is 0.326 e. The second kappa shape index (κ2) is 8.91. The fraction of sp³-hybridized carbons (Fsp3) is 0.278. The minimum Gasteiger partial charge on any atom is -0.494 e. The van der Waals surface area contributed by atoms with Crippen molar-refractivity contribution in [2.45, 2.75) is 18.7 Å². The first-order valence-electron chi connectivity index (χ1n) is 8.05. The number of ether oxygens (including phenoxy) is 2. The summed E-state index contributed by atoms with van der Waals surface area (Å²) in [5, 5.41) is 0.416. The van der Waals surface area contributed by atoms with Gasteiger partial charge in [-0.2, -0.15) is 0 Å². The zero-order chi connectivity index (χ0) is 19.2. The molecule has 0 spiro atoms. The number of rotatable bonds is 8. The molecule has 0 aliphatic heterocycles. The highest BCUT2D eigenvalue weighted by atomic mass is 35.5. The van der Waals surface area contributed by atoms with Crippen LogP contribution in [-0.4, -0.2) is 34.1 Å². The van der Waals surface area contributed by atoms with Gasteiger partial charge in [-0.15, -0.1) is 0 Å². The summed E-state index contributed by atoms with van der Waals surface area (Å²) in [5.74, 6) is -0.142. The number of nitrogens with zero attached hydrogens (tertiary/aromatic N) is 1. The first-order valence-corrected chi connectivity index (χ1v) is 9.87. The average Bonchev–Trinajstić information content (AvgIpc) is 2.61. The zero-order valence-electron chi connectivity index (χ0n) is 14.5. The second-order valence-electron chi connectivity index (χ2n) is 5.20. The maximum atomic E-state index is 13.1. The molecule has 0 aliphatic rings. The van der Waals surface area contributed by atoms with E-state index in [0.29, 0.717) is 23.1 Å². The molecule has 0 fully saturated rings. The van der Waals surface area contributed by atoms with Crippen LogP contribution in [-0.2, 0) is 19.6 Å². The molecule has 0 saturated carbocycles. The molecule has 2 aromatic carbocycles. The molecule has 0 aliphatic carbocycles. The van der Waals surface area contributed by atoms with Crippen LogP contribution < -0.4 is 9.04 Å². The van der Waals surface area contributed by atoms with Crippen LogP contribution in [0.1, 0.15) is 13.8 Å². The number of carbonyl (C=O) groups is 1. The molecule has 0 bridgehead atoms. The van der Waals surface area contributed by atoms with Gasteiger partial charge in [-0.05, 0) is 50.2 Å². The van der Waals surface area contributed by atoms with E-state index in [4.69, 9.17) is 21.1 Å². The minimum atomic E-state index is -4.00. The summed E-state index contributed by atoms with van der Waals surface area (Å²) in [4.78, 5) is 12.0. The number of esters is 1. The molecular weight excluding hydrogens is 378 g/mol. The maximum absolute atomic E-state index is 13.1. The van der Waals surface area contributed by atoms with Gasteiger partial charge in [0.25, 0.3) is 10.0 Å². The summed E-state index contributed by atoms with van der Waals surface area (Å²) in [6.07, 6.45) is 0. The van der Waals surface area contributed by atoms with E-state index in [0.717, 1.165) is 4.31 Å². The highest BCUT2D eigenvalue weighted by Crippen LogP contribution is 2.27. The molecular formula is C18H20ClNO5S. The van der Waals surface area contributed by atoms with Gasteiger partial charge in [0.1, 0.15) is 12.3 Å². The highest BCUT2D eigenvalue weighted by molar-refractivity contribution is 7.92. The molecule has 2 rings (SSSR count). The summed E-state index contributed by atoms with van der Waals surface area (Å²) >= 11 is 5.84. The Hall–Kier alpha value is -2.25. The summed E-state index contributed by atoms with van der Waals surface area (Å²) in [6.45, 7) is 3.63. The van der Waals surface area contributed by atoms with Crippen molar-refractivity contribution in [2.24, 2.45) is 0 Å². The van der Waals surface area contributed by atoms with Crippen LogP contribution in [0.4, 0.5) is 5.69 Å². The van der Waals surface area contributed by atoms with Gasteiger partial charge in [0.05, 0.1) is 23.8 Å². The van der Waals surface area contributed by atoms with E-state index in [2.05, 4.69) is 0 Å². The topological polar surface area (TPSA) is 72.9 Å². The molecule has 0 heterocycles. The first kappa shape index (κ1) is 20.1. The van der Waals surface area contributed by atoms with E-state index in [1.807, 2.05) is 6.92 Å². The van der Waals surface area contributed by atoms with E-state index in [-0.39, 0.29) is 11.5 Å². The molecule has 0 aromatic heterocycles. The van der Waals surface area contributed by atoms with Crippen LogP contribution in [0.5, 0.6) is 5.75 Å². The fourth-order valence-corrected chi connectivity index (χ4v) is 3.79. The highest BCUT2D eigenvalue weighted by Gasteiger charge is 2.28. The summed E-state index contributed by atoms with van der Waals surface area (Å²) in [5.41, 5.74) is 0.305. The van der Waals surface area contributed by atoms with Gasteiger partial charge in [0, 0.05) is 11.1 Å². The number of sulfonamides is 1. The predicted octanol–water partition coefficient (Wildman–Crippen LogP) is 3.50. The van der Waals surface area contributed by atoms with Crippen molar-refractivity contribution >= 4 is 33.3 Å². The number of carbonyl (C=O) groups excluding carboxylic acids is 1. The number of hydrogen-bond donors (Lipinski definition) is 0. The SMILES string of the molecule is CCOC(=O)CN(c1cccc(OCC)c1)S(=O)(=O)c1ccc(Cl)cc1.